The van der Waals surface area contributed by atoms with E-state index >= 15 is 0 Å². The summed E-state index contributed by atoms with van der Waals surface area (Å²) in [6.07, 6.45) is 7.44. The first-order valence-electron chi connectivity index (χ1n) is 7.40. The zero-order valence-electron chi connectivity index (χ0n) is 12.0. The smallest absolute Gasteiger partial charge is 0.189 e. The van der Waals surface area contributed by atoms with E-state index in [4.69, 9.17) is 25.5 Å². The number of halogens is 1. The minimum absolute atomic E-state index is 0.00279. The third kappa shape index (κ3) is 3.20. The van der Waals surface area contributed by atoms with Gasteiger partial charge < -0.3 is 13.9 Å². The van der Waals surface area contributed by atoms with Crippen molar-refractivity contribution < 1.29 is 13.9 Å². The Morgan fingerprint density at radius 1 is 1.38 bits per heavy atom. The van der Waals surface area contributed by atoms with Crippen LogP contribution in [-0.2, 0) is 9.47 Å². The third-order valence-electron chi connectivity index (χ3n) is 3.74. The van der Waals surface area contributed by atoms with Crippen molar-refractivity contribution >= 4 is 22.7 Å². The van der Waals surface area contributed by atoms with Crippen LogP contribution in [0.4, 0.5) is 0 Å². The lowest BCUT2D eigenvalue weighted by Gasteiger charge is -2.13. The largest absolute Gasteiger partial charge is 0.459 e. The van der Waals surface area contributed by atoms with E-state index in [1.165, 1.54) is 6.33 Å². The first-order valence-corrected chi connectivity index (χ1v) is 7.78. The van der Waals surface area contributed by atoms with Gasteiger partial charge in [-0.15, -0.1) is 0 Å². The molecule has 0 radical (unpaired) electrons. The number of nitrogens with zero attached hydrogens (tertiary/aromatic N) is 2. The summed E-state index contributed by atoms with van der Waals surface area (Å²) in [4.78, 5) is 8.18. The lowest BCUT2D eigenvalue weighted by Crippen LogP contribution is -2.15. The number of fused-ring (bicyclic) bond motifs is 1. The number of rotatable bonds is 6. The molecule has 0 unspecified atom stereocenters. The molecule has 6 heteroatoms. The van der Waals surface area contributed by atoms with Crippen LogP contribution in [0.1, 0.15) is 44.3 Å². The molecule has 2 aromatic rings. The van der Waals surface area contributed by atoms with Crippen LogP contribution >= 0.6 is 11.6 Å². The predicted molar refractivity (Wildman–Crippen MR) is 79.4 cm³/mol. The van der Waals surface area contributed by atoms with Crippen molar-refractivity contribution in [1.82, 2.24) is 9.97 Å². The number of furan rings is 1. The molecule has 0 spiro atoms. The summed E-state index contributed by atoms with van der Waals surface area (Å²) in [7, 11) is 0. The number of unbranched alkanes of at least 4 members (excludes halogenated alkanes) is 1. The highest BCUT2D eigenvalue weighted by Gasteiger charge is 2.30. The Labute approximate surface area is 128 Å². The Hall–Kier alpha value is -1.17. The SMILES string of the molecule is CCCCOC[C@@H]1CC[C@H](c2coc3c(Cl)ncnc23)O1. The molecular formula is C15H19ClN2O3. The fourth-order valence-electron chi connectivity index (χ4n) is 2.59. The zero-order chi connectivity index (χ0) is 14.7. The molecule has 114 valence electrons. The second kappa shape index (κ2) is 6.73. The van der Waals surface area contributed by atoms with E-state index in [1.54, 1.807) is 6.26 Å². The highest BCUT2D eigenvalue weighted by molar-refractivity contribution is 6.33. The molecule has 0 bridgehead atoms. The molecule has 0 N–H and O–H groups in total. The van der Waals surface area contributed by atoms with Crippen LogP contribution < -0.4 is 0 Å². The van der Waals surface area contributed by atoms with Gasteiger partial charge in [0.15, 0.2) is 10.7 Å². The van der Waals surface area contributed by atoms with Crippen molar-refractivity contribution in [2.24, 2.45) is 0 Å². The highest BCUT2D eigenvalue weighted by atomic mass is 35.5. The average Bonchev–Trinajstić information content (AvgIpc) is 3.10. The summed E-state index contributed by atoms with van der Waals surface area (Å²) in [5.41, 5.74) is 2.22. The van der Waals surface area contributed by atoms with E-state index in [1.807, 2.05) is 0 Å². The highest BCUT2D eigenvalue weighted by Crippen LogP contribution is 2.37. The Bertz CT molecular complexity index is 602. The molecule has 21 heavy (non-hydrogen) atoms. The minimum Gasteiger partial charge on any atom is -0.459 e. The van der Waals surface area contributed by atoms with Crippen LogP contribution in [0, 0.1) is 0 Å². The molecule has 3 heterocycles. The van der Waals surface area contributed by atoms with Gasteiger partial charge >= 0.3 is 0 Å². The van der Waals surface area contributed by atoms with Gasteiger partial charge in [-0.3, -0.25) is 0 Å². The van der Waals surface area contributed by atoms with Crippen molar-refractivity contribution in [2.45, 2.75) is 44.8 Å². The van der Waals surface area contributed by atoms with E-state index in [0.29, 0.717) is 17.3 Å². The Kier molecular flexibility index (Phi) is 4.73. The molecule has 3 rings (SSSR count). The molecule has 2 atom stereocenters. The first kappa shape index (κ1) is 14.8. The first-order chi connectivity index (χ1) is 10.3. The Morgan fingerprint density at radius 3 is 3.14 bits per heavy atom. The quantitative estimate of drug-likeness (QED) is 0.598. The minimum atomic E-state index is -0.00279. The van der Waals surface area contributed by atoms with E-state index in [9.17, 15) is 0 Å². The van der Waals surface area contributed by atoms with Gasteiger partial charge in [-0.05, 0) is 19.3 Å². The van der Waals surface area contributed by atoms with E-state index in [-0.39, 0.29) is 12.2 Å². The molecule has 2 aromatic heterocycles. The maximum atomic E-state index is 6.05. The fraction of sp³-hybridized carbons (Fsp3) is 0.600. The van der Waals surface area contributed by atoms with Gasteiger partial charge in [-0.25, -0.2) is 9.97 Å². The maximum absolute atomic E-state index is 6.05. The van der Waals surface area contributed by atoms with Gasteiger partial charge in [-0.2, -0.15) is 0 Å². The van der Waals surface area contributed by atoms with Crippen LogP contribution in [-0.4, -0.2) is 29.3 Å². The molecule has 5 nitrogen and oxygen atoms in total. The van der Waals surface area contributed by atoms with Gasteiger partial charge in [-0.1, -0.05) is 24.9 Å². The van der Waals surface area contributed by atoms with Crippen LogP contribution in [0.15, 0.2) is 17.0 Å². The fourth-order valence-corrected chi connectivity index (χ4v) is 2.76. The number of hydrogen-bond donors (Lipinski definition) is 0. The van der Waals surface area contributed by atoms with Crippen molar-refractivity contribution in [3.05, 3.63) is 23.3 Å². The molecule has 1 aliphatic rings. The molecular weight excluding hydrogens is 292 g/mol. The summed E-state index contributed by atoms with van der Waals surface area (Å²) in [6.45, 7) is 3.61. The summed E-state index contributed by atoms with van der Waals surface area (Å²) < 4.78 is 17.2. The van der Waals surface area contributed by atoms with Crippen molar-refractivity contribution in [3.8, 4) is 0 Å². The third-order valence-corrected chi connectivity index (χ3v) is 4.01. The lowest BCUT2D eigenvalue weighted by atomic mass is 10.1. The van der Waals surface area contributed by atoms with E-state index in [2.05, 4.69) is 16.9 Å². The van der Waals surface area contributed by atoms with Gasteiger partial charge in [0.1, 0.15) is 11.8 Å². The van der Waals surface area contributed by atoms with Gasteiger partial charge in [0.2, 0.25) is 0 Å². The molecule has 1 fully saturated rings. The molecule has 1 saturated heterocycles. The summed E-state index contributed by atoms with van der Waals surface area (Å²) >= 11 is 6.00. The second-order valence-electron chi connectivity index (χ2n) is 5.29. The summed E-state index contributed by atoms with van der Waals surface area (Å²) in [5, 5.41) is 0.337. The molecule has 0 saturated carbocycles. The molecule has 0 amide bonds. The van der Waals surface area contributed by atoms with Gasteiger partial charge in [0.25, 0.3) is 0 Å². The number of hydrogen-bond acceptors (Lipinski definition) is 5. The summed E-state index contributed by atoms with van der Waals surface area (Å²) in [5.74, 6) is 0. The average molecular weight is 311 g/mol. The maximum Gasteiger partial charge on any atom is 0.189 e. The normalized spacial score (nSPS) is 22.2. The molecule has 0 aliphatic carbocycles. The zero-order valence-corrected chi connectivity index (χ0v) is 12.8. The van der Waals surface area contributed by atoms with Crippen LogP contribution in [0.25, 0.3) is 11.1 Å². The molecule has 0 aromatic carbocycles. The topological polar surface area (TPSA) is 57.4 Å². The summed E-state index contributed by atoms with van der Waals surface area (Å²) in [6, 6.07) is 0. The van der Waals surface area contributed by atoms with Crippen LogP contribution in [0.2, 0.25) is 5.15 Å². The Balaban J connectivity index is 1.64. The van der Waals surface area contributed by atoms with Crippen LogP contribution in [0.3, 0.4) is 0 Å². The number of ether oxygens (including phenoxy) is 2. The van der Waals surface area contributed by atoms with Gasteiger partial charge in [0, 0.05) is 12.2 Å². The monoisotopic (exact) mass is 310 g/mol. The Morgan fingerprint density at radius 2 is 2.29 bits per heavy atom. The van der Waals surface area contributed by atoms with Crippen molar-refractivity contribution in [2.75, 3.05) is 13.2 Å². The number of aromatic nitrogens is 2. The second-order valence-corrected chi connectivity index (χ2v) is 5.64. The van der Waals surface area contributed by atoms with E-state index < -0.39 is 0 Å². The van der Waals surface area contributed by atoms with Crippen molar-refractivity contribution in [3.63, 3.8) is 0 Å². The molecule has 1 aliphatic heterocycles. The van der Waals surface area contributed by atoms with E-state index in [0.717, 1.165) is 43.4 Å². The van der Waals surface area contributed by atoms with Gasteiger partial charge in [0.05, 0.1) is 25.1 Å². The standard InChI is InChI=1S/C15H19ClN2O3/c1-2-3-6-19-7-10-4-5-12(21-10)11-8-20-14-13(11)17-9-18-15(14)16/h8-10,12H,2-7H2,1H3/t10-,12+/m0/s1. The predicted octanol–water partition coefficient (Wildman–Crippen LogP) is 3.91. The van der Waals surface area contributed by atoms with Crippen LogP contribution in [0.5, 0.6) is 0 Å². The lowest BCUT2D eigenvalue weighted by molar-refractivity contribution is -0.0160. The van der Waals surface area contributed by atoms with Crippen molar-refractivity contribution in [1.29, 1.82) is 0 Å².